The molecule has 0 bridgehead atoms. The molecule has 21 heavy (non-hydrogen) atoms. The number of benzene rings is 2. The van der Waals surface area contributed by atoms with Crippen LogP contribution in [0.15, 0.2) is 65.6 Å². The molecule has 0 unspecified atom stereocenters. The maximum absolute atomic E-state index is 11.7. The van der Waals surface area contributed by atoms with Gasteiger partial charge in [-0.3, -0.25) is 4.79 Å². The second kappa shape index (κ2) is 5.83. The van der Waals surface area contributed by atoms with E-state index in [2.05, 4.69) is 18.2 Å². The normalized spacial score (nSPS) is 10.7. The molecule has 3 nitrogen and oxygen atoms in total. The minimum atomic E-state index is 0.0411. The predicted molar refractivity (Wildman–Crippen MR) is 84.9 cm³/mol. The van der Waals surface area contributed by atoms with Gasteiger partial charge in [0.15, 0.2) is 0 Å². The number of hydrogen-bond donors (Lipinski definition) is 0. The Morgan fingerprint density at radius 1 is 1.05 bits per heavy atom. The standard InChI is InChI=1S/C18H17NO2/c1-21-16-8-9-17-14(5-4-6-15(17)13-16)10-12-19-11-3-2-7-18(19)20/h2-9,11,13H,10,12H2,1H3. The number of hydrogen-bond acceptors (Lipinski definition) is 2. The van der Waals surface area contributed by atoms with Gasteiger partial charge in [0.2, 0.25) is 0 Å². The molecule has 0 atom stereocenters. The zero-order chi connectivity index (χ0) is 14.7. The Hall–Kier alpha value is -2.55. The summed E-state index contributed by atoms with van der Waals surface area (Å²) in [7, 11) is 1.67. The molecule has 3 heteroatoms. The van der Waals surface area contributed by atoms with Crippen molar-refractivity contribution in [2.45, 2.75) is 13.0 Å². The maximum atomic E-state index is 11.7. The number of methoxy groups -OCH3 is 1. The highest BCUT2D eigenvalue weighted by molar-refractivity contribution is 5.87. The van der Waals surface area contributed by atoms with Crippen LogP contribution in [0.3, 0.4) is 0 Å². The smallest absolute Gasteiger partial charge is 0.250 e. The maximum Gasteiger partial charge on any atom is 0.250 e. The van der Waals surface area contributed by atoms with Crippen molar-refractivity contribution in [1.29, 1.82) is 0 Å². The molecule has 0 saturated heterocycles. The van der Waals surface area contributed by atoms with E-state index in [4.69, 9.17) is 4.74 Å². The second-order valence-corrected chi connectivity index (χ2v) is 4.99. The zero-order valence-electron chi connectivity index (χ0n) is 12.0. The van der Waals surface area contributed by atoms with Gasteiger partial charge in [-0.2, -0.15) is 0 Å². The SMILES string of the molecule is COc1ccc2c(CCn3ccccc3=O)cccc2c1. The summed E-state index contributed by atoms with van der Waals surface area (Å²) in [5, 5.41) is 2.37. The van der Waals surface area contributed by atoms with Gasteiger partial charge < -0.3 is 9.30 Å². The topological polar surface area (TPSA) is 31.2 Å². The Morgan fingerprint density at radius 3 is 2.76 bits per heavy atom. The lowest BCUT2D eigenvalue weighted by atomic mass is 10.0. The third kappa shape index (κ3) is 2.82. The number of aromatic nitrogens is 1. The van der Waals surface area contributed by atoms with Crippen LogP contribution < -0.4 is 10.3 Å². The minimum absolute atomic E-state index is 0.0411. The molecule has 1 aromatic heterocycles. The van der Waals surface area contributed by atoms with E-state index in [-0.39, 0.29) is 5.56 Å². The fourth-order valence-electron chi connectivity index (χ4n) is 2.56. The van der Waals surface area contributed by atoms with Gasteiger partial charge in [-0.25, -0.2) is 0 Å². The third-order valence-electron chi connectivity index (χ3n) is 3.70. The summed E-state index contributed by atoms with van der Waals surface area (Å²) in [6.45, 7) is 0.685. The van der Waals surface area contributed by atoms with Gasteiger partial charge in [0, 0.05) is 18.8 Å². The van der Waals surface area contributed by atoms with Gasteiger partial charge in [0.25, 0.3) is 5.56 Å². The third-order valence-corrected chi connectivity index (χ3v) is 3.70. The molecule has 106 valence electrons. The molecule has 0 N–H and O–H groups in total. The van der Waals surface area contributed by atoms with Crippen molar-refractivity contribution < 1.29 is 4.74 Å². The van der Waals surface area contributed by atoms with Gasteiger partial charge in [0.05, 0.1) is 7.11 Å². The molecule has 1 heterocycles. The Labute approximate surface area is 123 Å². The van der Waals surface area contributed by atoms with Crippen molar-refractivity contribution in [3.05, 3.63) is 76.7 Å². The van der Waals surface area contributed by atoms with Crippen molar-refractivity contribution in [2.75, 3.05) is 7.11 Å². The van der Waals surface area contributed by atoms with Crippen LogP contribution in [0.25, 0.3) is 10.8 Å². The number of ether oxygens (including phenoxy) is 1. The van der Waals surface area contributed by atoms with E-state index in [1.54, 1.807) is 23.8 Å². The zero-order valence-corrected chi connectivity index (χ0v) is 12.0. The summed E-state index contributed by atoms with van der Waals surface area (Å²) in [5.41, 5.74) is 1.28. The van der Waals surface area contributed by atoms with Gasteiger partial charge in [0.1, 0.15) is 5.75 Å². The van der Waals surface area contributed by atoms with E-state index in [1.165, 1.54) is 10.9 Å². The van der Waals surface area contributed by atoms with Crippen LogP contribution in [0.1, 0.15) is 5.56 Å². The summed E-state index contributed by atoms with van der Waals surface area (Å²) in [4.78, 5) is 11.7. The largest absolute Gasteiger partial charge is 0.497 e. The van der Waals surface area contributed by atoms with E-state index < -0.39 is 0 Å². The van der Waals surface area contributed by atoms with Gasteiger partial charge >= 0.3 is 0 Å². The highest BCUT2D eigenvalue weighted by Gasteiger charge is 2.03. The van der Waals surface area contributed by atoms with Crippen molar-refractivity contribution in [3.63, 3.8) is 0 Å². The highest BCUT2D eigenvalue weighted by atomic mass is 16.5. The van der Waals surface area contributed by atoms with Crippen LogP contribution in [0.2, 0.25) is 0 Å². The summed E-state index contributed by atoms with van der Waals surface area (Å²) in [6, 6.07) is 17.6. The Morgan fingerprint density at radius 2 is 1.95 bits per heavy atom. The van der Waals surface area contributed by atoms with Crippen LogP contribution in [0.5, 0.6) is 5.75 Å². The van der Waals surface area contributed by atoms with E-state index >= 15 is 0 Å². The second-order valence-electron chi connectivity index (χ2n) is 4.99. The quantitative estimate of drug-likeness (QED) is 0.734. The minimum Gasteiger partial charge on any atom is -0.497 e. The highest BCUT2D eigenvalue weighted by Crippen LogP contribution is 2.24. The number of aryl methyl sites for hydroxylation is 2. The lowest BCUT2D eigenvalue weighted by Crippen LogP contribution is -2.18. The van der Waals surface area contributed by atoms with Crippen molar-refractivity contribution >= 4 is 10.8 Å². The first-order valence-corrected chi connectivity index (χ1v) is 6.99. The van der Waals surface area contributed by atoms with E-state index in [9.17, 15) is 4.79 Å². The molecule has 0 aliphatic carbocycles. The number of fused-ring (bicyclic) bond motifs is 1. The number of rotatable bonds is 4. The average Bonchev–Trinajstić information content (AvgIpc) is 2.53. The van der Waals surface area contributed by atoms with E-state index in [0.717, 1.165) is 17.6 Å². The molecular weight excluding hydrogens is 262 g/mol. The van der Waals surface area contributed by atoms with Gasteiger partial charge in [-0.15, -0.1) is 0 Å². The predicted octanol–water partition coefficient (Wildman–Crippen LogP) is 3.25. The molecule has 0 aliphatic heterocycles. The van der Waals surface area contributed by atoms with E-state index in [1.807, 2.05) is 30.5 Å². The molecule has 3 aromatic rings. The first kappa shape index (κ1) is 13.4. The molecule has 0 amide bonds. The van der Waals surface area contributed by atoms with Crippen molar-refractivity contribution in [2.24, 2.45) is 0 Å². The molecular formula is C18H17NO2. The lowest BCUT2D eigenvalue weighted by Gasteiger charge is -2.09. The first-order valence-electron chi connectivity index (χ1n) is 6.99. The van der Waals surface area contributed by atoms with Crippen LogP contribution in [0.4, 0.5) is 0 Å². The van der Waals surface area contributed by atoms with Gasteiger partial charge in [-0.05, 0) is 41.0 Å². The molecule has 3 rings (SSSR count). The first-order chi connectivity index (χ1) is 10.3. The van der Waals surface area contributed by atoms with Crippen LogP contribution in [-0.2, 0) is 13.0 Å². The summed E-state index contributed by atoms with van der Waals surface area (Å²) < 4.78 is 7.00. The number of nitrogens with zero attached hydrogens (tertiary/aromatic N) is 1. The molecule has 2 aromatic carbocycles. The number of pyridine rings is 1. The van der Waals surface area contributed by atoms with Crippen molar-refractivity contribution in [1.82, 2.24) is 4.57 Å². The Kier molecular flexibility index (Phi) is 3.73. The van der Waals surface area contributed by atoms with Crippen LogP contribution >= 0.6 is 0 Å². The molecule has 0 aliphatic rings. The molecule has 0 saturated carbocycles. The fraction of sp³-hybridized carbons (Fsp3) is 0.167. The average molecular weight is 279 g/mol. The summed E-state index contributed by atoms with van der Waals surface area (Å²) in [6.07, 6.45) is 2.66. The molecule has 0 spiro atoms. The van der Waals surface area contributed by atoms with E-state index in [0.29, 0.717) is 6.54 Å². The lowest BCUT2D eigenvalue weighted by molar-refractivity contribution is 0.415. The molecule has 0 radical (unpaired) electrons. The Bertz CT molecular complexity index is 821. The Balaban J connectivity index is 1.91. The monoisotopic (exact) mass is 279 g/mol. The van der Waals surface area contributed by atoms with Crippen molar-refractivity contribution in [3.8, 4) is 5.75 Å². The van der Waals surface area contributed by atoms with Crippen LogP contribution in [-0.4, -0.2) is 11.7 Å². The summed E-state index contributed by atoms with van der Waals surface area (Å²) in [5.74, 6) is 0.860. The fourth-order valence-corrected chi connectivity index (χ4v) is 2.56. The molecule has 0 fully saturated rings. The van der Waals surface area contributed by atoms with Crippen LogP contribution in [0, 0.1) is 0 Å². The van der Waals surface area contributed by atoms with Gasteiger partial charge in [-0.1, -0.05) is 30.3 Å². The summed E-state index contributed by atoms with van der Waals surface area (Å²) >= 11 is 0.